The highest BCUT2D eigenvalue weighted by atomic mass is 16.2. The number of carbonyl (C=O) groups excluding carboxylic acids is 2. The molecule has 3 aromatic rings. The highest BCUT2D eigenvalue weighted by Crippen LogP contribution is 2.28. The predicted molar refractivity (Wildman–Crippen MR) is 140 cm³/mol. The molecule has 0 bridgehead atoms. The van der Waals surface area contributed by atoms with Crippen LogP contribution in [0.2, 0.25) is 0 Å². The second kappa shape index (κ2) is 10.9. The topological polar surface area (TPSA) is 67.2 Å². The molecule has 1 aliphatic rings. The first-order chi connectivity index (χ1) is 16.8. The fourth-order valence-electron chi connectivity index (χ4n) is 4.73. The van der Waals surface area contributed by atoms with Gasteiger partial charge in [-0.25, -0.2) is 4.98 Å². The molecular weight excluding hydrogens is 436 g/mol. The molecule has 0 unspecified atom stereocenters. The molecule has 6 nitrogen and oxygen atoms in total. The quantitative estimate of drug-likeness (QED) is 0.453. The number of nitrogens with one attached hydrogen (secondary N) is 1. The van der Waals surface area contributed by atoms with E-state index in [1.165, 1.54) is 11.1 Å². The van der Waals surface area contributed by atoms with Crippen molar-refractivity contribution in [1.82, 2.24) is 14.5 Å². The van der Waals surface area contributed by atoms with Gasteiger partial charge in [-0.05, 0) is 55.9 Å². The molecule has 0 saturated heterocycles. The minimum atomic E-state index is -0.229. The summed E-state index contributed by atoms with van der Waals surface area (Å²) in [5.41, 5.74) is 5.06. The van der Waals surface area contributed by atoms with Crippen molar-refractivity contribution in [2.75, 3.05) is 18.4 Å². The molecule has 1 heterocycles. The molecule has 35 heavy (non-hydrogen) atoms. The maximum atomic E-state index is 13.2. The Morgan fingerprint density at radius 1 is 1.06 bits per heavy atom. The van der Waals surface area contributed by atoms with Gasteiger partial charge in [-0.2, -0.15) is 0 Å². The summed E-state index contributed by atoms with van der Waals surface area (Å²) in [6, 6.07) is 16.1. The van der Waals surface area contributed by atoms with Crippen LogP contribution >= 0.6 is 0 Å². The number of nitrogens with zero attached hydrogens (tertiary/aromatic N) is 3. The molecule has 2 amide bonds. The molecule has 1 aliphatic carbocycles. The largest absolute Gasteiger partial charge is 0.333 e. The maximum absolute atomic E-state index is 13.2. The van der Waals surface area contributed by atoms with Crippen molar-refractivity contribution >= 4 is 17.8 Å². The van der Waals surface area contributed by atoms with Gasteiger partial charge in [0.15, 0.2) is 0 Å². The smallest absolute Gasteiger partial charge is 0.246 e. The summed E-state index contributed by atoms with van der Waals surface area (Å²) in [6.45, 7) is 8.91. The Balaban J connectivity index is 1.60. The first-order valence-electron chi connectivity index (χ1n) is 12.6. The zero-order chi connectivity index (χ0) is 24.9. The summed E-state index contributed by atoms with van der Waals surface area (Å²) in [7, 11) is 0. The van der Waals surface area contributed by atoms with Crippen molar-refractivity contribution < 1.29 is 9.59 Å². The van der Waals surface area contributed by atoms with E-state index in [1.54, 1.807) is 4.90 Å². The molecule has 4 rings (SSSR count). The zero-order valence-corrected chi connectivity index (χ0v) is 21.3. The van der Waals surface area contributed by atoms with Crippen LogP contribution in [-0.4, -0.2) is 39.4 Å². The Morgan fingerprint density at radius 3 is 2.43 bits per heavy atom. The van der Waals surface area contributed by atoms with Crippen molar-refractivity contribution in [3.63, 3.8) is 0 Å². The van der Waals surface area contributed by atoms with Crippen molar-refractivity contribution in [3.8, 4) is 16.9 Å². The molecular formula is C29H36N4O2. The van der Waals surface area contributed by atoms with Gasteiger partial charge in [0.25, 0.3) is 0 Å². The number of aromatic nitrogens is 2. The first kappa shape index (κ1) is 24.7. The van der Waals surface area contributed by atoms with E-state index in [9.17, 15) is 9.59 Å². The van der Waals surface area contributed by atoms with Crippen LogP contribution in [-0.2, 0) is 9.59 Å². The van der Waals surface area contributed by atoms with Crippen molar-refractivity contribution in [3.05, 3.63) is 65.9 Å². The number of hydrogen-bond acceptors (Lipinski definition) is 3. The monoisotopic (exact) mass is 472 g/mol. The molecule has 0 aliphatic heterocycles. The lowest BCUT2D eigenvalue weighted by molar-refractivity contribution is -0.138. The summed E-state index contributed by atoms with van der Waals surface area (Å²) in [5.74, 6) is 0.662. The number of carbonyl (C=O) groups is 2. The number of benzene rings is 2. The van der Waals surface area contributed by atoms with E-state index in [2.05, 4.69) is 45.1 Å². The minimum Gasteiger partial charge on any atom is -0.333 e. The number of anilines is 1. The van der Waals surface area contributed by atoms with Crippen LogP contribution in [0.5, 0.6) is 0 Å². The SMILES string of the molecule is Cc1ccc(-n2cc(-c3ccccc3)nc2NC(=O)CN(CC(C)C)C(=O)C2CCCC2)cc1C. The van der Waals surface area contributed by atoms with Gasteiger partial charge in [-0.3, -0.25) is 19.5 Å². The lowest BCUT2D eigenvalue weighted by atomic mass is 10.1. The van der Waals surface area contributed by atoms with E-state index in [0.29, 0.717) is 12.5 Å². The average Bonchev–Trinajstić information content (AvgIpc) is 3.51. The zero-order valence-electron chi connectivity index (χ0n) is 21.3. The van der Waals surface area contributed by atoms with E-state index < -0.39 is 0 Å². The molecule has 2 aromatic carbocycles. The van der Waals surface area contributed by atoms with Crippen molar-refractivity contribution in [2.24, 2.45) is 11.8 Å². The Morgan fingerprint density at radius 2 is 1.77 bits per heavy atom. The number of imidazole rings is 1. The third-order valence-electron chi connectivity index (χ3n) is 6.73. The normalized spacial score (nSPS) is 13.9. The minimum absolute atomic E-state index is 0.0357. The lowest BCUT2D eigenvalue weighted by Crippen LogP contribution is -2.43. The van der Waals surface area contributed by atoms with E-state index in [4.69, 9.17) is 4.98 Å². The number of aryl methyl sites for hydroxylation is 2. The lowest BCUT2D eigenvalue weighted by Gasteiger charge is -2.26. The van der Waals surface area contributed by atoms with E-state index >= 15 is 0 Å². The number of rotatable bonds is 8. The van der Waals surface area contributed by atoms with Crippen LogP contribution in [0.25, 0.3) is 16.9 Å². The van der Waals surface area contributed by atoms with Crippen LogP contribution in [0.1, 0.15) is 50.7 Å². The molecule has 0 radical (unpaired) electrons. The van der Waals surface area contributed by atoms with Crippen molar-refractivity contribution in [2.45, 2.75) is 53.4 Å². The van der Waals surface area contributed by atoms with Crippen molar-refractivity contribution in [1.29, 1.82) is 0 Å². The van der Waals surface area contributed by atoms with Gasteiger partial charge < -0.3 is 4.90 Å². The van der Waals surface area contributed by atoms with Gasteiger partial charge in [0.1, 0.15) is 0 Å². The van der Waals surface area contributed by atoms with Crippen LogP contribution in [0, 0.1) is 25.7 Å². The molecule has 0 spiro atoms. The van der Waals surface area contributed by atoms with E-state index in [0.717, 1.165) is 42.6 Å². The standard InChI is InChI=1S/C29H36N4O2/c1-20(2)17-32(28(35)24-12-8-9-13-24)19-27(34)31-29-30-26(23-10-6-5-7-11-23)18-33(29)25-15-14-21(3)22(4)16-25/h5-7,10-11,14-16,18,20,24H,8-9,12-13,17,19H2,1-4H3,(H,30,31,34). The summed E-state index contributed by atoms with van der Waals surface area (Å²) in [6.07, 6.45) is 5.98. The Kier molecular flexibility index (Phi) is 7.69. The highest BCUT2D eigenvalue weighted by molar-refractivity contribution is 5.94. The first-order valence-corrected chi connectivity index (χ1v) is 12.6. The van der Waals surface area contributed by atoms with E-state index in [1.807, 2.05) is 47.2 Å². The van der Waals surface area contributed by atoms with E-state index in [-0.39, 0.29) is 30.2 Å². The van der Waals surface area contributed by atoms with Gasteiger partial charge in [0, 0.05) is 29.9 Å². The second-order valence-electron chi connectivity index (χ2n) is 10.1. The number of hydrogen-bond donors (Lipinski definition) is 1. The Hall–Kier alpha value is -3.41. The van der Waals surface area contributed by atoms with Gasteiger partial charge in [0.05, 0.1) is 12.2 Å². The summed E-state index contributed by atoms with van der Waals surface area (Å²) >= 11 is 0. The molecule has 1 aromatic heterocycles. The third-order valence-corrected chi connectivity index (χ3v) is 6.73. The molecule has 184 valence electrons. The summed E-state index contributed by atoms with van der Waals surface area (Å²) < 4.78 is 1.91. The van der Waals surface area contributed by atoms with Crippen LogP contribution in [0.15, 0.2) is 54.7 Å². The fourth-order valence-corrected chi connectivity index (χ4v) is 4.73. The molecule has 1 fully saturated rings. The molecule has 6 heteroatoms. The van der Waals surface area contributed by atoms with Crippen LogP contribution in [0.3, 0.4) is 0 Å². The average molecular weight is 473 g/mol. The summed E-state index contributed by atoms with van der Waals surface area (Å²) in [5, 5.41) is 3.00. The predicted octanol–water partition coefficient (Wildman–Crippen LogP) is 5.77. The van der Waals surface area contributed by atoms with Gasteiger partial charge in [-0.15, -0.1) is 0 Å². The molecule has 1 N–H and O–H groups in total. The van der Waals surface area contributed by atoms with Gasteiger partial charge in [-0.1, -0.05) is 63.1 Å². The van der Waals surface area contributed by atoms with Gasteiger partial charge in [0.2, 0.25) is 17.8 Å². The van der Waals surface area contributed by atoms with Crippen LogP contribution in [0.4, 0.5) is 5.95 Å². The highest BCUT2D eigenvalue weighted by Gasteiger charge is 2.29. The molecule has 1 saturated carbocycles. The Bertz CT molecular complexity index is 1180. The van der Waals surface area contributed by atoms with Gasteiger partial charge >= 0.3 is 0 Å². The third kappa shape index (κ3) is 5.99. The summed E-state index contributed by atoms with van der Waals surface area (Å²) in [4.78, 5) is 32.9. The number of amides is 2. The Labute approximate surface area is 208 Å². The van der Waals surface area contributed by atoms with Crippen LogP contribution < -0.4 is 5.32 Å². The molecule has 0 atom stereocenters. The fraction of sp³-hybridized carbons (Fsp3) is 0.414. The second-order valence-corrected chi connectivity index (χ2v) is 10.1. The maximum Gasteiger partial charge on any atom is 0.246 e.